The minimum Gasteiger partial charge on any atom is -0.461 e. The molecule has 15 heteroatoms. The fourth-order valence-electron chi connectivity index (χ4n) is 3.40. The molecule has 38 heavy (non-hydrogen) atoms. The number of benzene rings is 1. The lowest BCUT2D eigenvalue weighted by Crippen LogP contribution is -2.45. The Morgan fingerprint density at radius 3 is 2.61 bits per heavy atom. The molecule has 0 bridgehead atoms. The van der Waals surface area contributed by atoms with Crippen LogP contribution >= 0.6 is 19.4 Å². The average Bonchev–Trinajstić information content (AvgIpc) is 3.08. The Kier molecular flexibility index (Phi) is 9.54. The third-order valence-electron chi connectivity index (χ3n) is 5.05. The average molecular weight is 572 g/mol. The van der Waals surface area contributed by atoms with Crippen molar-refractivity contribution < 1.29 is 37.5 Å². The Bertz CT molecular complexity index is 1350. The molecule has 3 rings (SSSR count). The van der Waals surface area contributed by atoms with Crippen molar-refractivity contribution in [3.8, 4) is 17.6 Å². The van der Waals surface area contributed by atoms with Crippen LogP contribution in [0.15, 0.2) is 46.1 Å². The summed E-state index contributed by atoms with van der Waals surface area (Å²) >= 11 is 6.59. The number of nitrogens with zero attached hydrogens (tertiary/aromatic N) is 2. The highest BCUT2D eigenvalue weighted by Crippen LogP contribution is 2.52. The van der Waals surface area contributed by atoms with Crippen LogP contribution in [0.2, 0.25) is 0 Å². The van der Waals surface area contributed by atoms with Crippen LogP contribution in [0.4, 0.5) is 0 Å². The molecule has 0 amide bonds. The summed E-state index contributed by atoms with van der Waals surface area (Å²) in [6.07, 6.45) is -5.38. The SMILES string of the molecule is CC#CC1(Cl)[C@@H](O)[C@@H](COP(=O)(Oc2ccccc2)O[C@@H](C)C(=O)OC(C)C)O[C@H]1n1ncc(=O)[nH]c1=O. The number of carbonyl (C=O) groups is 1. The van der Waals surface area contributed by atoms with Gasteiger partial charge in [-0.15, -0.1) is 5.92 Å². The summed E-state index contributed by atoms with van der Waals surface area (Å²) in [5.41, 5.74) is -1.72. The summed E-state index contributed by atoms with van der Waals surface area (Å²) in [5.74, 6) is 4.45. The normalized spacial score (nSPS) is 25.2. The van der Waals surface area contributed by atoms with E-state index in [1.807, 2.05) is 4.98 Å². The highest BCUT2D eigenvalue weighted by atomic mass is 35.5. The summed E-state index contributed by atoms with van der Waals surface area (Å²) in [4.78, 5) is 36.1. The number of H-pyrrole nitrogens is 1. The Morgan fingerprint density at radius 1 is 1.32 bits per heavy atom. The number of rotatable bonds is 10. The number of halogens is 1. The summed E-state index contributed by atoms with van der Waals surface area (Å²) in [6, 6.07) is 7.91. The van der Waals surface area contributed by atoms with Gasteiger partial charge in [-0.2, -0.15) is 9.78 Å². The summed E-state index contributed by atoms with van der Waals surface area (Å²) < 4.78 is 41.4. The molecule has 1 fully saturated rings. The van der Waals surface area contributed by atoms with Gasteiger partial charge in [-0.05, 0) is 39.8 Å². The number of aliphatic hydroxyl groups excluding tert-OH is 1. The number of hydrogen-bond acceptors (Lipinski definition) is 11. The van der Waals surface area contributed by atoms with Crippen LogP contribution in [0.5, 0.6) is 5.75 Å². The predicted octanol–water partition coefficient (Wildman–Crippen LogP) is 1.75. The molecular formula is C23H27ClN3O10P. The first-order valence-corrected chi connectivity index (χ1v) is 13.2. The molecule has 206 valence electrons. The molecule has 1 aromatic heterocycles. The predicted molar refractivity (Wildman–Crippen MR) is 133 cm³/mol. The van der Waals surface area contributed by atoms with Gasteiger partial charge in [0.1, 0.15) is 24.2 Å². The molecule has 0 spiro atoms. The second-order valence-electron chi connectivity index (χ2n) is 8.38. The summed E-state index contributed by atoms with van der Waals surface area (Å²) in [7, 11) is -4.54. The van der Waals surface area contributed by atoms with E-state index in [1.54, 1.807) is 32.0 Å². The smallest absolute Gasteiger partial charge is 0.461 e. The maximum atomic E-state index is 13.6. The van der Waals surface area contributed by atoms with Gasteiger partial charge in [-0.25, -0.2) is 14.2 Å². The zero-order valence-electron chi connectivity index (χ0n) is 20.9. The number of nitrogens with one attached hydrogen (secondary N) is 1. The number of aliphatic hydroxyl groups is 1. The maximum absolute atomic E-state index is 13.6. The number of ether oxygens (including phenoxy) is 2. The van der Waals surface area contributed by atoms with Gasteiger partial charge in [-0.3, -0.25) is 18.8 Å². The van der Waals surface area contributed by atoms with Gasteiger partial charge in [0.2, 0.25) is 0 Å². The molecule has 2 heterocycles. The minimum absolute atomic E-state index is 0.110. The monoisotopic (exact) mass is 571 g/mol. The molecule has 0 saturated carbocycles. The number of hydrogen-bond donors (Lipinski definition) is 2. The van der Waals surface area contributed by atoms with E-state index < -0.39 is 67.2 Å². The fourth-order valence-corrected chi connectivity index (χ4v) is 5.11. The fraction of sp³-hybridized carbons (Fsp3) is 0.478. The van der Waals surface area contributed by atoms with Crippen molar-refractivity contribution in [3.05, 3.63) is 57.4 Å². The molecule has 2 aromatic rings. The van der Waals surface area contributed by atoms with Crippen molar-refractivity contribution in [2.75, 3.05) is 6.61 Å². The molecule has 0 radical (unpaired) electrons. The van der Waals surface area contributed by atoms with Crippen molar-refractivity contribution in [2.24, 2.45) is 0 Å². The molecular weight excluding hydrogens is 545 g/mol. The van der Waals surface area contributed by atoms with E-state index in [4.69, 9.17) is 34.6 Å². The van der Waals surface area contributed by atoms with Crippen LogP contribution < -0.4 is 15.8 Å². The largest absolute Gasteiger partial charge is 0.530 e. The van der Waals surface area contributed by atoms with Gasteiger partial charge in [0.25, 0.3) is 5.56 Å². The number of para-hydroxylation sites is 1. The molecule has 1 saturated heterocycles. The molecule has 13 nitrogen and oxygen atoms in total. The van der Waals surface area contributed by atoms with E-state index in [9.17, 15) is 24.1 Å². The molecule has 1 aliphatic rings. The lowest BCUT2D eigenvalue weighted by molar-refractivity contribution is -0.156. The van der Waals surface area contributed by atoms with Crippen LogP contribution in [-0.4, -0.2) is 61.7 Å². The molecule has 0 aliphatic carbocycles. The lowest BCUT2D eigenvalue weighted by Gasteiger charge is -2.25. The van der Waals surface area contributed by atoms with E-state index in [1.165, 1.54) is 26.0 Å². The van der Waals surface area contributed by atoms with E-state index in [0.29, 0.717) is 4.68 Å². The molecule has 1 aromatic carbocycles. The topological polar surface area (TPSA) is 168 Å². The van der Waals surface area contributed by atoms with E-state index in [-0.39, 0.29) is 5.75 Å². The van der Waals surface area contributed by atoms with Gasteiger partial charge in [0.05, 0.1) is 12.7 Å². The Labute approximate surface area is 222 Å². The second kappa shape index (κ2) is 12.3. The third-order valence-corrected chi connectivity index (χ3v) is 7.03. The maximum Gasteiger partial charge on any atom is 0.530 e. The third kappa shape index (κ3) is 6.91. The van der Waals surface area contributed by atoms with Gasteiger partial charge in [0.15, 0.2) is 17.2 Å². The van der Waals surface area contributed by atoms with Crippen LogP contribution in [0.1, 0.15) is 33.9 Å². The highest BCUT2D eigenvalue weighted by molar-refractivity contribution is 7.49. The van der Waals surface area contributed by atoms with E-state index >= 15 is 0 Å². The van der Waals surface area contributed by atoms with Crippen LogP contribution in [0.3, 0.4) is 0 Å². The molecule has 6 atom stereocenters. The number of alkyl halides is 1. The standard InChI is InChI=1S/C23H27ClN3O10P/c1-5-11-23(24)19(29)17(35-21(23)27-22(31)26-18(28)12-25-27)13-33-38(32,37-16-9-7-6-8-10-16)36-15(4)20(30)34-14(2)3/h6-10,12,14-15,17,19,21,29H,13H2,1-4H3,(H,26,28,31)/t15-,17+,19-,21+,23?,38?/m0/s1. The summed E-state index contributed by atoms with van der Waals surface area (Å²) in [5, 5.41) is 14.7. The summed E-state index contributed by atoms with van der Waals surface area (Å²) in [6.45, 7) is 5.40. The van der Waals surface area contributed by atoms with E-state index in [0.717, 1.165) is 6.20 Å². The van der Waals surface area contributed by atoms with Gasteiger partial charge < -0.3 is 19.1 Å². The number of aromatic nitrogens is 3. The van der Waals surface area contributed by atoms with Gasteiger partial charge in [-0.1, -0.05) is 35.7 Å². The zero-order valence-corrected chi connectivity index (χ0v) is 22.5. The second-order valence-corrected chi connectivity index (χ2v) is 10.6. The first-order chi connectivity index (χ1) is 17.9. The molecule has 1 aliphatic heterocycles. The lowest BCUT2D eigenvalue weighted by atomic mass is 9.99. The Balaban J connectivity index is 1.86. The van der Waals surface area contributed by atoms with Crippen LogP contribution in [0, 0.1) is 11.8 Å². The van der Waals surface area contributed by atoms with Gasteiger partial charge >= 0.3 is 19.5 Å². The van der Waals surface area contributed by atoms with Crippen molar-refractivity contribution in [2.45, 2.75) is 63.2 Å². The van der Waals surface area contributed by atoms with Crippen molar-refractivity contribution >= 4 is 25.4 Å². The number of aromatic amines is 1. The Morgan fingerprint density at radius 2 is 2.00 bits per heavy atom. The van der Waals surface area contributed by atoms with E-state index in [2.05, 4.69) is 16.9 Å². The number of carbonyl (C=O) groups excluding carboxylic acids is 1. The van der Waals surface area contributed by atoms with Crippen LogP contribution in [0.25, 0.3) is 0 Å². The number of phosphoric ester groups is 1. The van der Waals surface area contributed by atoms with Crippen molar-refractivity contribution in [3.63, 3.8) is 0 Å². The van der Waals surface area contributed by atoms with Gasteiger partial charge in [0, 0.05) is 0 Å². The number of phosphoric acid groups is 1. The Hall–Kier alpha value is -2.98. The minimum atomic E-state index is -4.54. The molecule has 2 N–H and O–H groups in total. The van der Waals surface area contributed by atoms with Crippen LogP contribution in [-0.2, 0) is 27.9 Å². The number of esters is 1. The van der Waals surface area contributed by atoms with Crippen molar-refractivity contribution in [1.29, 1.82) is 0 Å². The molecule has 2 unspecified atom stereocenters. The first kappa shape index (κ1) is 29.6. The highest BCUT2D eigenvalue weighted by Gasteiger charge is 2.57. The van der Waals surface area contributed by atoms with Crippen molar-refractivity contribution in [1.82, 2.24) is 14.8 Å². The quantitative estimate of drug-likeness (QED) is 0.184. The zero-order chi connectivity index (χ0) is 28.1. The first-order valence-electron chi connectivity index (χ1n) is 11.4.